The second-order valence-corrected chi connectivity index (χ2v) is 5.64. The quantitative estimate of drug-likeness (QED) is 0.573. The molecule has 1 aliphatic carbocycles. The van der Waals surface area contributed by atoms with E-state index in [1.807, 2.05) is 0 Å². The van der Waals surface area contributed by atoms with E-state index in [1.165, 1.54) is 12.8 Å². The first kappa shape index (κ1) is 16.7. The molecule has 0 heterocycles. The highest BCUT2D eigenvalue weighted by molar-refractivity contribution is 5.23. The summed E-state index contributed by atoms with van der Waals surface area (Å²) in [4.78, 5) is 0. The smallest absolute Gasteiger partial charge is 0.129 e. The van der Waals surface area contributed by atoms with Gasteiger partial charge in [0.05, 0.1) is 6.54 Å². The Kier molecular flexibility index (Phi) is 6.63. The van der Waals surface area contributed by atoms with Gasteiger partial charge in [0.1, 0.15) is 24.0 Å². The predicted molar refractivity (Wildman–Crippen MR) is 82.4 cm³/mol. The van der Waals surface area contributed by atoms with Crippen LogP contribution in [0.5, 0.6) is 5.75 Å². The Morgan fingerprint density at radius 2 is 1.95 bits per heavy atom. The Morgan fingerprint density at radius 3 is 2.64 bits per heavy atom. The van der Waals surface area contributed by atoms with Crippen molar-refractivity contribution in [2.75, 3.05) is 19.7 Å². The summed E-state index contributed by atoms with van der Waals surface area (Å²) in [5, 5.41) is 3.20. The van der Waals surface area contributed by atoms with Crippen molar-refractivity contribution < 1.29 is 13.5 Å². The maximum Gasteiger partial charge on any atom is 0.129 e. The molecule has 0 aliphatic heterocycles. The van der Waals surface area contributed by atoms with Crippen LogP contribution in [0.4, 0.5) is 8.78 Å². The third-order valence-electron chi connectivity index (χ3n) is 3.42. The molecule has 3 nitrogen and oxygen atoms in total. The van der Waals surface area contributed by atoms with Crippen molar-refractivity contribution >= 4 is 0 Å². The van der Waals surface area contributed by atoms with Crippen molar-refractivity contribution in [1.82, 2.24) is 5.32 Å². The molecule has 0 saturated heterocycles. The lowest BCUT2D eigenvalue weighted by atomic mass is 10.2. The van der Waals surface area contributed by atoms with E-state index < -0.39 is 11.6 Å². The molecule has 0 amide bonds. The molecule has 1 aromatic rings. The molecule has 1 atom stereocenters. The summed E-state index contributed by atoms with van der Waals surface area (Å²) in [6.45, 7) is 1.62. The standard InChI is InChI=1S/C17H22F2N2O/c18-14-9-15(19)11-17(10-14)22-12-16(20)6-8-21-7-2-1-3-13-4-5-13/h9-11,13,16,21H,3-8,12,20H2. The topological polar surface area (TPSA) is 47.3 Å². The summed E-state index contributed by atoms with van der Waals surface area (Å²) >= 11 is 0. The SMILES string of the molecule is NC(CCNCC#CCC1CC1)COc1cc(F)cc(F)c1. The Bertz CT molecular complexity index is 515. The van der Waals surface area contributed by atoms with Gasteiger partial charge in [0.25, 0.3) is 0 Å². The summed E-state index contributed by atoms with van der Waals surface area (Å²) < 4.78 is 31.3. The van der Waals surface area contributed by atoms with Crippen LogP contribution in [0.15, 0.2) is 18.2 Å². The molecule has 120 valence electrons. The zero-order chi connectivity index (χ0) is 15.8. The molecule has 0 aromatic heterocycles. The molecule has 1 aromatic carbocycles. The Morgan fingerprint density at radius 1 is 1.23 bits per heavy atom. The van der Waals surface area contributed by atoms with Crippen LogP contribution in [-0.4, -0.2) is 25.7 Å². The second kappa shape index (κ2) is 8.72. The van der Waals surface area contributed by atoms with Crippen LogP contribution in [0.1, 0.15) is 25.7 Å². The normalized spacial score (nSPS) is 15.0. The van der Waals surface area contributed by atoms with Gasteiger partial charge in [-0.3, -0.25) is 0 Å². The zero-order valence-corrected chi connectivity index (χ0v) is 12.6. The van der Waals surface area contributed by atoms with Gasteiger partial charge in [0.2, 0.25) is 0 Å². The molecule has 0 spiro atoms. The molecule has 0 radical (unpaired) electrons. The lowest BCUT2D eigenvalue weighted by Crippen LogP contribution is -2.32. The van der Waals surface area contributed by atoms with E-state index in [-0.39, 0.29) is 18.4 Å². The van der Waals surface area contributed by atoms with Gasteiger partial charge < -0.3 is 15.8 Å². The number of benzene rings is 1. The van der Waals surface area contributed by atoms with Crippen molar-refractivity contribution in [2.45, 2.75) is 31.7 Å². The van der Waals surface area contributed by atoms with E-state index >= 15 is 0 Å². The van der Waals surface area contributed by atoms with Crippen molar-refractivity contribution in [3.05, 3.63) is 29.8 Å². The van der Waals surface area contributed by atoms with Gasteiger partial charge in [0, 0.05) is 30.7 Å². The Labute approximate surface area is 130 Å². The summed E-state index contributed by atoms with van der Waals surface area (Å²) in [6.07, 6.45) is 4.37. The van der Waals surface area contributed by atoms with E-state index in [1.54, 1.807) is 0 Å². The van der Waals surface area contributed by atoms with E-state index in [0.29, 0.717) is 13.0 Å². The van der Waals surface area contributed by atoms with Crippen molar-refractivity contribution in [1.29, 1.82) is 0 Å². The van der Waals surface area contributed by atoms with Crippen LogP contribution in [0.3, 0.4) is 0 Å². The fourth-order valence-corrected chi connectivity index (χ4v) is 1.94. The van der Waals surface area contributed by atoms with Gasteiger partial charge in [-0.2, -0.15) is 0 Å². The maximum absolute atomic E-state index is 13.0. The first-order valence-electron chi connectivity index (χ1n) is 7.64. The third-order valence-corrected chi connectivity index (χ3v) is 3.42. The number of hydrogen-bond acceptors (Lipinski definition) is 3. The average molecular weight is 308 g/mol. The molecule has 0 bridgehead atoms. The van der Waals surface area contributed by atoms with Crippen LogP contribution in [0, 0.1) is 29.4 Å². The van der Waals surface area contributed by atoms with Crippen LogP contribution in [0.25, 0.3) is 0 Å². The molecule has 1 saturated carbocycles. The van der Waals surface area contributed by atoms with Crippen LogP contribution in [0.2, 0.25) is 0 Å². The fraction of sp³-hybridized carbons (Fsp3) is 0.529. The molecule has 1 aliphatic rings. The monoisotopic (exact) mass is 308 g/mol. The average Bonchev–Trinajstić information content (AvgIpc) is 3.27. The van der Waals surface area contributed by atoms with E-state index in [4.69, 9.17) is 10.5 Å². The zero-order valence-electron chi connectivity index (χ0n) is 12.6. The molecule has 2 rings (SSSR count). The van der Waals surface area contributed by atoms with Gasteiger partial charge in [-0.1, -0.05) is 5.92 Å². The number of halogens is 2. The minimum Gasteiger partial charge on any atom is -0.492 e. The van der Waals surface area contributed by atoms with Crippen molar-refractivity contribution in [3.8, 4) is 17.6 Å². The summed E-state index contributed by atoms with van der Waals surface area (Å²) in [7, 11) is 0. The van der Waals surface area contributed by atoms with Crippen LogP contribution in [-0.2, 0) is 0 Å². The Balaban J connectivity index is 1.54. The number of nitrogens with two attached hydrogens (primary N) is 1. The summed E-state index contributed by atoms with van der Waals surface area (Å²) in [6, 6.07) is 2.90. The van der Waals surface area contributed by atoms with Crippen LogP contribution >= 0.6 is 0 Å². The minimum absolute atomic E-state index is 0.159. The van der Waals surface area contributed by atoms with Gasteiger partial charge in [-0.05, 0) is 31.7 Å². The van der Waals surface area contributed by atoms with E-state index in [0.717, 1.165) is 37.1 Å². The molecule has 3 N–H and O–H groups in total. The highest BCUT2D eigenvalue weighted by Gasteiger charge is 2.19. The van der Waals surface area contributed by atoms with Gasteiger partial charge in [0.15, 0.2) is 0 Å². The number of nitrogens with one attached hydrogen (secondary N) is 1. The lowest BCUT2D eigenvalue weighted by Gasteiger charge is -2.13. The molecular weight excluding hydrogens is 286 g/mol. The number of ether oxygens (including phenoxy) is 1. The number of hydrogen-bond donors (Lipinski definition) is 2. The minimum atomic E-state index is -0.657. The second-order valence-electron chi connectivity index (χ2n) is 5.64. The predicted octanol–water partition coefficient (Wildman–Crippen LogP) is 2.45. The van der Waals surface area contributed by atoms with Crippen molar-refractivity contribution in [2.24, 2.45) is 11.7 Å². The lowest BCUT2D eigenvalue weighted by molar-refractivity contribution is 0.279. The fourth-order valence-electron chi connectivity index (χ4n) is 1.94. The molecule has 1 unspecified atom stereocenters. The summed E-state index contributed by atoms with van der Waals surface area (Å²) in [5.41, 5.74) is 5.90. The largest absolute Gasteiger partial charge is 0.492 e. The molecular formula is C17H22F2N2O. The van der Waals surface area contributed by atoms with Crippen LogP contribution < -0.4 is 15.8 Å². The highest BCUT2D eigenvalue weighted by atomic mass is 19.1. The van der Waals surface area contributed by atoms with Crippen molar-refractivity contribution in [3.63, 3.8) is 0 Å². The first-order valence-corrected chi connectivity index (χ1v) is 7.64. The van der Waals surface area contributed by atoms with E-state index in [9.17, 15) is 8.78 Å². The number of rotatable bonds is 8. The van der Waals surface area contributed by atoms with E-state index in [2.05, 4.69) is 17.2 Å². The third kappa shape index (κ3) is 6.88. The van der Waals surface area contributed by atoms with Gasteiger partial charge >= 0.3 is 0 Å². The molecule has 5 heteroatoms. The maximum atomic E-state index is 13.0. The Hall–Kier alpha value is -1.64. The first-order chi connectivity index (χ1) is 10.6. The van der Waals surface area contributed by atoms with Gasteiger partial charge in [-0.15, -0.1) is 5.92 Å². The highest BCUT2D eigenvalue weighted by Crippen LogP contribution is 2.31. The molecule has 1 fully saturated rings. The van der Waals surface area contributed by atoms with Gasteiger partial charge in [-0.25, -0.2) is 8.78 Å². The summed E-state index contributed by atoms with van der Waals surface area (Å²) in [5.74, 6) is 5.92. The molecule has 22 heavy (non-hydrogen) atoms.